The number of ether oxygens (including phenoxy) is 1. The molecule has 0 saturated heterocycles. The van der Waals surface area contributed by atoms with E-state index >= 15 is 0 Å². The van der Waals surface area contributed by atoms with Crippen molar-refractivity contribution in [2.45, 2.75) is 63.6 Å². The summed E-state index contributed by atoms with van der Waals surface area (Å²) in [6, 6.07) is 0. The minimum Gasteiger partial charge on any atom is -0.389 e. The van der Waals surface area contributed by atoms with Crippen LogP contribution < -0.4 is 0 Å². The molecule has 0 aromatic rings. The van der Waals surface area contributed by atoms with E-state index in [0.29, 0.717) is 13.0 Å². The van der Waals surface area contributed by atoms with Gasteiger partial charge in [-0.25, -0.2) is 0 Å². The Labute approximate surface area is 93.0 Å². The van der Waals surface area contributed by atoms with Gasteiger partial charge in [0.1, 0.15) is 0 Å². The van der Waals surface area contributed by atoms with Crippen LogP contribution in [0.4, 0.5) is 0 Å². The number of rotatable bonds is 4. The molecule has 0 radical (unpaired) electrons. The van der Waals surface area contributed by atoms with Gasteiger partial charge in [0.2, 0.25) is 0 Å². The van der Waals surface area contributed by atoms with Gasteiger partial charge in [-0.2, -0.15) is 0 Å². The molecular weight excluding hydrogens is 188 g/mol. The maximum absolute atomic E-state index is 10.1. The second-order valence-electron chi connectivity index (χ2n) is 4.34. The molecule has 1 unspecified atom stereocenters. The summed E-state index contributed by atoms with van der Waals surface area (Å²) < 4.78 is 5.82. The fraction of sp³-hybridized carbons (Fsp3) is 0.846. The molecule has 0 bridgehead atoms. The second kappa shape index (κ2) is 6.15. The standard InChI is InChI=1S/C13H22O2/c1-3-9-12(14)13(15-4-2)10-7-5-6-8-11-13/h1,12,14H,4-11H2,2H3. The van der Waals surface area contributed by atoms with Crippen LogP contribution in [0.5, 0.6) is 0 Å². The average Bonchev–Trinajstić information content (AvgIpc) is 2.45. The molecule has 1 N–H and O–H groups in total. The van der Waals surface area contributed by atoms with E-state index in [9.17, 15) is 5.11 Å². The zero-order chi connectivity index (χ0) is 11.1. The minimum atomic E-state index is -0.499. The predicted octanol–water partition coefficient (Wildman–Crippen LogP) is 2.50. The smallest absolute Gasteiger partial charge is 0.0949 e. The van der Waals surface area contributed by atoms with Crippen LogP contribution in [0.2, 0.25) is 0 Å². The van der Waals surface area contributed by atoms with Crippen molar-refractivity contribution in [3.8, 4) is 12.3 Å². The lowest BCUT2D eigenvalue weighted by atomic mass is 9.86. The Hall–Kier alpha value is -0.520. The number of aliphatic hydroxyl groups excluding tert-OH is 1. The number of terminal acetylenes is 1. The Bertz CT molecular complexity index is 209. The topological polar surface area (TPSA) is 29.5 Å². The van der Waals surface area contributed by atoms with Gasteiger partial charge >= 0.3 is 0 Å². The first-order chi connectivity index (χ1) is 7.25. The third kappa shape index (κ3) is 3.22. The molecule has 86 valence electrons. The van der Waals surface area contributed by atoms with Gasteiger partial charge in [-0.3, -0.25) is 0 Å². The molecule has 0 amide bonds. The van der Waals surface area contributed by atoms with Gasteiger partial charge in [-0.1, -0.05) is 25.7 Å². The summed E-state index contributed by atoms with van der Waals surface area (Å²) in [7, 11) is 0. The highest BCUT2D eigenvalue weighted by Crippen LogP contribution is 2.34. The lowest BCUT2D eigenvalue weighted by Crippen LogP contribution is -2.44. The van der Waals surface area contributed by atoms with E-state index in [4.69, 9.17) is 11.2 Å². The lowest BCUT2D eigenvalue weighted by Gasteiger charge is -2.36. The van der Waals surface area contributed by atoms with Gasteiger partial charge in [0.15, 0.2) is 0 Å². The third-order valence-electron chi connectivity index (χ3n) is 3.30. The fourth-order valence-corrected chi connectivity index (χ4v) is 2.49. The van der Waals surface area contributed by atoms with Crippen LogP contribution in [0.1, 0.15) is 51.9 Å². The Kier molecular flexibility index (Phi) is 5.14. The van der Waals surface area contributed by atoms with E-state index in [1.165, 1.54) is 12.8 Å². The summed E-state index contributed by atoms with van der Waals surface area (Å²) in [6.45, 7) is 2.64. The van der Waals surface area contributed by atoms with Crippen molar-refractivity contribution in [3.05, 3.63) is 0 Å². The van der Waals surface area contributed by atoms with Gasteiger partial charge < -0.3 is 9.84 Å². The summed E-state index contributed by atoms with van der Waals surface area (Å²) >= 11 is 0. The minimum absolute atomic E-state index is 0.363. The van der Waals surface area contributed by atoms with Crippen molar-refractivity contribution in [1.82, 2.24) is 0 Å². The number of hydrogen-bond donors (Lipinski definition) is 1. The van der Waals surface area contributed by atoms with Crippen molar-refractivity contribution in [1.29, 1.82) is 0 Å². The van der Waals surface area contributed by atoms with E-state index in [2.05, 4.69) is 5.92 Å². The molecule has 0 aromatic heterocycles. The molecule has 0 spiro atoms. The number of aliphatic hydroxyl groups is 1. The van der Waals surface area contributed by atoms with Gasteiger partial charge in [0.05, 0.1) is 11.7 Å². The molecule has 1 rings (SSSR count). The second-order valence-corrected chi connectivity index (χ2v) is 4.34. The van der Waals surface area contributed by atoms with Crippen molar-refractivity contribution in [2.24, 2.45) is 0 Å². The van der Waals surface area contributed by atoms with Crippen LogP contribution in [0.25, 0.3) is 0 Å². The van der Waals surface area contributed by atoms with Crippen LogP contribution in [0.15, 0.2) is 0 Å². The van der Waals surface area contributed by atoms with Gasteiger partial charge in [0.25, 0.3) is 0 Å². The first-order valence-electron chi connectivity index (χ1n) is 6.00. The van der Waals surface area contributed by atoms with Crippen LogP contribution in [0.3, 0.4) is 0 Å². The number of hydrogen-bond acceptors (Lipinski definition) is 2. The zero-order valence-corrected chi connectivity index (χ0v) is 9.67. The largest absolute Gasteiger partial charge is 0.389 e. The highest BCUT2D eigenvalue weighted by atomic mass is 16.5. The quantitative estimate of drug-likeness (QED) is 0.570. The predicted molar refractivity (Wildman–Crippen MR) is 61.5 cm³/mol. The van der Waals surface area contributed by atoms with Crippen molar-refractivity contribution < 1.29 is 9.84 Å². The van der Waals surface area contributed by atoms with Crippen molar-refractivity contribution >= 4 is 0 Å². The zero-order valence-electron chi connectivity index (χ0n) is 9.67. The van der Waals surface area contributed by atoms with E-state index in [1.807, 2.05) is 6.92 Å². The van der Waals surface area contributed by atoms with Crippen LogP contribution in [-0.2, 0) is 4.74 Å². The van der Waals surface area contributed by atoms with E-state index < -0.39 is 6.10 Å². The molecule has 1 atom stereocenters. The monoisotopic (exact) mass is 210 g/mol. The molecule has 0 aromatic carbocycles. The first-order valence-corrected chi connectivity index (χ1v) is 6.00. The lowest BCUT2D eigenvalue weighted by molar-refractivity contribution is -0.126. The van der Waals surface area contributed by atoms with E-state index in [0.717, 1.165) is 25.7 Å². The SMILES string of the molecule is C#CCC(O)C1(OCC)CCCCCC1. The molecule has 2 nitrogen and oxygen atoms in total. The third-order valence-corrected chi connectivity index (χ3v) is 3.30. The summed E-state index contributed by atoms with van der Waals surface area (Å²) in [5.74, 6) is 2.54. The average molecular weight is 210 g/mol. The maximum atomic E-state index is 10.1. The van der Waals surface area contributed by atoms with Crippen LogP contribution in [-0.4, -0.2) is 23.4 Å². The molecule has 1 fully saturated rings. The first kappa shape index (κ1) is 12.5. The summed E-state index contributed by atoms with van der Waals surface area (Å²) in [5.41, 5.74) is -0.363. The Morgan fingerprint density at radius 2 is 1.93 bits per heavy atom. The van der Waals surface area contributed by atoms with Crippen molar-refractivity contribution in [3.63, 3.8) is 0 Å². The van der Waals surface area contributed by atoms with Gasteiger partial charge in [-0.15, -0.1) is 12.3 Å². The molecule has 0 heterocycles. The molecular formula is C13H22O2. The molecule has 1 aliphatic rings. The van der Waals surface area contributed by atoms with Gasteiger partial charge in [0, 0.05) is 13.0 Å². The molecule has 15 heavy (non-hydrogen) atoms. The Balaban J connectivity index is 2.70. The molecule has 1 saturated carbocycles. The van der Waals surface area contributed by atoms with Gasteiger partial charge in [-0.05, 0) is 19.8 Å². The normalized spacial score (nSPS) is 22.7. The highest BCUT2D eigenvalue weighted by Gasteiger charge is 2.38. The molecule has 0 aliphatic heterocycles. The van der Waals surface area contributed by atoms with Crippen LogP contribution >= 0.6 is 0 Å². The molecule has 2 heteroatoms. The maximum Gasteiger partial charge on any atom is 0.0949 e. The Morgan fingerprint density at radius 3 is 2.40 bits per heavy atom. The Morgan fingerprint density at radius 1 is 1.33 bits per heavy atom. The highest BCUT2D eigenvalue weighted by molar-refractivity contribution is 4.97. The summed E-state index contributed by atoms with van der Waals surface area (Å²) in [6.07, 6.45) is 11.8. The molecule has 1 aliphatic carbocycles. The summed E-state index contributed by atoms with van der Waals surface area (Å²) in [4.78, 5) is 0. The summed E-state index contributed by atoms with van der Waals surface area (Å²) in [5, 5.41) is 10.1. The van der Waals surface area contributed by atoms with Crippen molar-refractivity contribution in [2.75, 3.05) is 6.61 Å². The van der Waals surface area contributed by atoms with Crippen LogP contribution in [0, 0.1) is 12.3 Å². The fourth-order valence-electron chi connectivity index (χ4n) is 2.49. The van der Waals surface area contributed by atoms with E-state index in [-0.39, 0.29) is 5.60 Å². The van der Waals surface area contributed by atoms with E-state index in [1.54, 1.807) is 0 Å².